The number of para-hydroxylation sites is 2. The van der Waals surface area contributed by atoms with Crippen LogP contribution in [0.15, 0.2) is 72.9 Å². The fourth-order valence-corrected chi connectivity index (χ4v) is 2.67. The van der Waals surface area contributed by atoms with Crippen molar-refractivity contribution in [2.75, 3.05) is 5.32 Å². The highest BCUT2D eigenvalue weighted by atomic mass is 16.3. The number of hydrogen-bond donors (Lipinski definition) is 2. The van der Waals surface area contributed by atoms with Crippen molar-refractivity contribution in [3.05, 3.63) is 78.6 Å². The number of aromatic hydroxyl groups is 1. The van der Waals surface area contributed by atoms with Crippen molar-refractivity contribution in [2.24, 2.45) is 0 Å². The second-order valence-corrected chi connectivity index (χ2v) is 5.60. The molecule has 2 N–H and O–H groups in total. The van der Waals surface area contributed by atoms with Crippen LogP contribution in [-0.2, 0) is 6.54 Å². The molecule has 0 amide bonds. The number of phenolic OH excluding ortho intramolecular Hbond substituents is 1. The molecule has 0 bridgehead atoms. The third-order valence-corrected chi connectivity index (χ3v) is 3.91. The van der Waals surface area contributed by atoms with Gasteiger partial charge in [-0.2, -0.15) is 0 Å². The van der Waals surface area contributed by atoms with Crippen LogP contribution in [0.4, 0.5) is 5.82 Å². The summed E-state index contributed by atoms with van der Waals surface area (Å²) in [6.07, 6.45) is 1.77. The highest BCUT2D eigenvalue weighted by Crippen LogP contribution is 2.29. The molecule has 2 aromatic heterocycles. The Hall–Kier alpha value is -3.47. The molecule has 0 aliphatic carbocycles. The fourth-order valence-electron chi connectivity index (χ4n) is 2.67. The van der Waals surface area contributed by atoms with E-state index in [1.165, 1.54) is 0 Å². The molecule has 4 rings (SSSR count). The van der Waals surface area contributed by atoms with Crippen LogP contribution in [0, 0.1) is 0 Å². The van der Waals surface area contributed by atoms with E-state index < -0.39 is 0 Å². The van der Waals surface area contributed by atoms with E-state index in [0.717, 1.165) is 22.4 Å². The average Bonchev–Trinajstić information content (AvgIpc) is 2.67. The van der Waals surface area contributed by atoms with Gasteiger partial charge in [0.1, 0.15) is 11.6 Å². The normalized spacial score (nSPS) is 10.7. The summed E-state index contributed by atoms with van der Waals surface area (Å²) in [5.41, 5.74) is 2.35. The predicted molar refractivity (Wildman–Crippen MR) is 98.2 cm³/mol. The molecule has 0 saturated carbocycles. The van der Waals surface area contributed by atoms with Crippen molar-refractivity contribution in [3.63, 3.8) is 0 Å². The van der Waals surface area contributed by atoms with Crippen LogP contribution in [0.5, 0.6) is 5.75 Å². The van der Waals surface area contributed by atoms with Gasteiger partial charge in [0.2, 0.25) is 0 Å². The van der Waals surface area contributed by atoms with Crippen LogP contribution in [-0.4, -0.2) is 20.1 Å². The van der Waals surface area contributed by atoms with Crippen LogP contribution in [0.2, 0.25) is 0 Å². The number of hydrogen-bond acceptors (Lipinski definition) is 5. The number of benzene rings is 2. The summed E-state index contributed by atoms with van der Waals surface area (Å²) >= 11 is 0. The van der Waals surface area contributed by atoms with Crippen molar-refractivity contribution in [3.8, 4) is 17.1 Å². The zero-order valence-electron chi connectivity index (χ0n) is 13.4. The molecule has 5 heteroatoms. The van der Waals surface area contributed by atoms with E-state index >= 15 is 0 Å². The van der Waals surface area contributed by atoms with Gasteiger partial charge < -0.3 is 10.4 Å². The quantitative estimate of drug-likeness (QED) is 0.592. The Balaban J connectivity index is 1.78. The number of nitrogens with one attached hydrogen (secondary N) is 1. The number of rotatable bonds is 4. The van der Waals surface area contributed by atoms with Gasteiger partial charge in [-0.05, 0) is 36.4 Å². The lowest BCUT2D eigenvalue weighted by Crippen LogP contribution is -2.05. The maximum absolute atomic E-state index is 10.1. The standard InChI is InChI=1S/C20H16N4O/c25-18-11-4-2-9-16(18)20-23-17-10-3-1-8-15(17)19(24-20)22-13-14-7-5-6-12-21-14/h1-12,25H,13H2,(H,22,23,24). The first-order chi connectivity index (χ1) is 12.3. The largest absolute Gasteiger partial charge is 0.507 e. The van der Waals surface area contributed by atoms with Crippen LogP contribution in [0.25, 0.3) is 22.3 Å². The van der Waals surface area contributed by atoms with E-state index in [0.29, 0.717) is 17.9 Å². The van der Waals surface area contributed by atoms with E-state index in [1.807, 2.05) is 54.6 Å². The van der Waals surface area contributed by atoms with E-state index in [4.69, 9.17) is 0 Å². The number of fused-ring (bicyclic) bond motifs is 1. The van der Waals surface area contributed by atoms with Gasteiger partial charge in [0.25, 0.3) is 0 Å². The average molecular weight is 328 g/mol. The molecule has 0 atom stereocenters. The topological polar surface area (TPSA) is 70.9 Å². The molecule has 0 fully saturated rings. The van der Waals surface area contributed by atoms with E-state index in [1.54, 1.807) is 18.3 Å². The van der Waals surface area contributed by atoms with Gasteiger partial charge in [-0.15, -0.1) is 0 Å². The zero-order chi connectivity index (χ0) is 17.1. The molecule has 25 heavy (non-hydrogen) atoms. The Morgan fingerprint density at radius 2 is 1.64 bits per heavy atom. The molecule has 2 heterocycles. The summed E-state index contributed by atoms with van der Waals surface area (Å²) in [6.45, 7) is 0.558. The molecular formula is C20H16N4O. The molecule has 4 aromatic rings. The predicted octanol–water partition coefficient (Wildman–Crippen LogP) is 4.01. The van der Waals surface area contributed by atoms with Gasteiger partial charge in [-0.1, -0.05) is 30.3 Å². The smallest absolute Gasteiger partial charge is 0.165 e. The van der Waals surface area contributed by atoms with E-state index in [-0.39, 0.29) is 5.75 Å². The number of nitrogens with zero attached hydrogens (tertiary/aromatic N) is 3. The lowest BCUT2D eigenvalue weighted by atomic mass is 10.1. The van der Waals surface area contributed by atoms with Crippen LogP contribution in [0.3, 0.4) is 0 Å². The van der Waals surface area contributed by atoms with Gasteiger partial charge in [0.15, 0.2) is 5.82 Å². The first kappa shape index (κ1) is 15.1. The summed E-state index contributed by atoms with van der Waals surface area (Å²) in [5.74, 6) is 1.36. The molecule has 0 aliphatic heterocycles. The SMILES string of the molecule is Oc1ccccc1-c1nc(NCc2ccccn2)c2ccccc2n1. The summed E-state index contributed by atoms with van der Waals surface area (Å²) in [4.78, 5) is 13.6. The van der Waals surface area contributed by atoms with Gasteiger partial charge in [-0.25, -0.2) is 9.97 Å². The number of aromatic nitrogens is 3. The van der Waals surface area contributed by atoms with Crippen molar-refractivity contribution in [2.45, 2.75) is 6.54 Å². The van der Waals surface area contributed by atoms with Crippen LogP contribution < -0.4 is 5.32 Å². The third-order valence-electron chi connectivity index (χ3n) is 3.91. The van der Waals surface area contributed by atoms with E-state index in [2.05, 4.69) is 20.3 Å². The van der Waals surface area contributed by atoms with Gasteiger partial charge >= 0.3 is 0 Å². The Labute approximate surface area is 145 Å². The Bertz CT molecular complexity index is 1020. The van der Waals surface area contributed by atoms with Gasteiger partial charge in [0.05, 0.1) is 23.3 Å². The molecule has 122 valence electrons. The number of phenols is 1. The zero-order valence-corrected chi connectivity index (χ0v) is 13.4. The second-order valence-electron chi connectivity index (χ2n) is 5.60. The van der Waals surface area contributed by atoms with Crippen molar-refractivity contribution in [1.82, 2.24) is 15.0 Å². The summed E-state index contributed by atoms with van der Waals surface area (Å²) in [5, 5.41) is 14.4. The highest BCUT2D eigenvalue weighted by Gasteiger charge is 2.11. The summed E-state index contributed by atoms with van der Waals surface area (Å²) in [7, 11) is 0. The first-order valence-electron chi connectivity index (χ1n) is 8.00. The Morgan fingerprint density at radius 3 is 2.48 bits per heavy atom. The van der Waals surface area contributed by atoms with Gasteiger partial charge in [-0.3, -0.25) is 4.98 Å². The maximum atomic E-state index is 10.1. The molecule has 0 radical (unpaired) electrons. The fraction of sp³-hybridized carbons (Fsp3) is 0.0500. The van der Waals surface area contributed by atoms with E-state index in [9.17, 15) is 5.11 Å². The number of pyridine rings is 1. The van der Waals surface area contributed by atoms with Crippen molar-refractivity contribution in [1.29, 1.82) is 0 Å². The highest BCUT2D eigenvalue weighted by molar-refractivity contribution is 5.90. The minimum atomic E-state index is 0.161. The Morgan fingerprint density at radius 1 is 0.840 bits per heavy atom. The molecule has 0 spiro atoms. The second kappa shape index (κ2) is 6.57. The van der Waals surface area contributed by atoms with Gasteiger partial charge in [0, 0.05) is 11.6 Å². The van der Waals surface area contributed by atoms with Crippen molar-refractivity contribution >= 4 is 16.7 Å². The number of anilines is 1. The molecule has 5 nitrogen and oxygen atoms in total. The lowest BCUT2D eigenvalue weighted by molar-refractivity contribution is 0.477. The minimum Gasteiger partial charge on any atom is -0.507 e. The van der Waals surface area contributed by atoms with Crippen LogP contribution in [0.1, 0.15) is 5.69 Å². The summed E-state index contributed by atoms with van der Waals surface area (Å²) < 4.78 is 0. The molecule has 0 saturated heterocycles. The molecule has 2 aromatic carbocycles. The minimum absolute atomic E-state index is 0.161. The monoisotopic (exact) mass is 328 g/mol. The Kier molecular flexibility index (Phi) is 3.96. The first-order valence-corrected chi connectivity index (χ1v) is 8.00. The maximum Gasteiger partial charge on any atom is 0.165 e. The third kappa shape index (κ3) is 3.12. The lowest BCUT2D eigenvalue weighted by Gasteiger charge is -2.11. The molecule has 0 aliphatic rings. The van der Waals surface area contributed by atoms with Crippen molar-refractivity contribution < 1.29 is 5.11 Å². The molecular weight excluding hydrogens is 312 g/mol. The van der Waals surface area contributed by atoms with Crippen LogP contribution >= 0.6 is 0 Å². The summed E-state index contributed by atoms with van der Waals surface area (Å²) in [6, 6.07) is 20.7. The molecule has 0 unspecified atom stereocenters.